The average Bonchev–Trinajstić information content (AvgIpc) is 3.08. The number of benzene rings is 1. The first-order chi connectivity index (χ1) is 15.5. The average molecular weight is 440 g/mol. The number of ether oxygens (including phenoxy) is 2. The number of amides is 3. The minimum atomic E-state index is -0.307. The van der Waals surface area contributed by atoms with Gasteiger partial charge in [0.05, 0.1) is 26.1 Å². The molecule has 1 saturated heterocycles. The van der Waals surface area contributed by atoms with Crippen LogP contribution in [0.3, 0.4) is 0 Å². The summed E-state index contributed by atoms with van der Waals surface area (Å²) in [4.78, 5) is 33.2. The molecule has 9 nitrogen and oxygen atoms in total. The highest BCUT2D eigenvalue weighted by Crippen LogP contribution is 2.28. The third kappa shape index (κ3) is 5.69. The monoisotopic (exact) mass is 439 g/mol. The fourth-order valence-electron chi connectivity index (χ4n) is 3.49. The van der Waals surface area contributed by atoms with E-state index in [1.165, 1.54) is 0 Å². The van der Waals surface area contributed by atoms with Gasteiger partial charge in [-0.25, -0.2) is 9.78 Å². The number of rotatable bonds is 7. The van der Waals surface area contributed by atoms with E-state index >= 15 is 0 Å². The van der Waals surface area contributed by atoms with E-state index in [0.29, 0.717) is 48.9 Å². The van der Waals surface area contributed by atoms with Crippen molar-refractivity contribution in [2.24, 2.45) is 0 Å². The van der Waals surface area contributed by atoms with E-state index in [-0.39, 0.29) is 11.9 Å². The minimum absolute atomic E-state index is 0.0363. The molecular formula is C23H29N5O4. The quantitative estimate of drug-likeness (QED) is 0.644. The van der Waals surface area contributed by atoms with Crippen molar-refractivity contribution >= 4 is 23.4 Å². The highest BCUT2D eigenvalue weighted by molar-refractivity contribution is 5.95. The predicted molar refractivity (Wildman–Crippen MR) is 124 cm³/mol. The Labute approximate surface area is 188 Å². The van der Waals surface area contributed by atoms with Crippen LogP contribution >= 0.6 is 0 Å². The standard InChI is InChI=1S/C23H29N5O4/c1-4-10-24-23(30)26-18-7-9-21(25-16-18)27-11-5-12-28(14-13-27)22(29)17-6-8-19(31-2)20(15-17)32-3/h4,6-9,15-16H,1,5,10-14H2,2-3H3,(H2,24,26,30). The molecular weight excluding hydrogens is 410 g/mol. The number of nitrogens with zero attached hydrogens (tertiary/aromatic N) is 3. The lowest BCUT2D eigenvalue weighted by Gasteiger charge is -2.23. The van der Waals surface area contributed by atoms with Crippen molar-refractivity contribution in [1.82, 2.24) is 15.2 Å². The van der Waals surface area contributed by atoms with Crippen molar-refractivity contribution < 1.29 is 19.1 Å². The van der Waals surface area contributed by atoms with E-state index < -0.39 is 0 Å². The Morgan fingerprint density at radius 2 is 1.91 bits per heavy atom. The molecule has 0 atom stereocenters. The maximum absolute atomic E-state index is 13.0. The minimum Gasteiger partial charge on any atom is -0.493 e. The van der Waals surface area contributed by atoms with Gasteiger partial charge in [-0.15, -0.1) is 6.58 Å². The number of carbonyl (C=O) groups is 2. The highest BCUT2D eigenvalue weighted by Gasteiger charge is 2.22. The SMILES string of the molecule is C=CCNC(=O)Nc1ccc(N2CCCN(C(=O)c3ccc(OC)c(OC)c3)CC2)nc1. The second-order valence-electron chi connectivity index (χ2n) is 7.23. The number of methoxy groups -OCH3 is 2. The van der Waals surface area contributed by atoms with Gasteiger partial charge in [-0.1, -0.05) is 6.08 Å². The van der Waals surface area contributed by atoms with E-state index in [0.717, 1.165) is 18.8 Å². The molecule has 0 spiro atoms. The fourth-order valence-corrected chi connectivity index (χ4v) is 3.49. The first kappa shape index (κ1) is 22.9. The summed E-state index contributed by atoms with van der Waals surface area (Å²) in [5, 5.41) is 5.38. The van der Waals surface area contributed by atoms with Crippen LogP contribution in [0.25, 0.3) is 0 Å². The smallest absolute Gasteiger partial charge is 0.319 e. The summed E-state index contributed by atoms with van der Waals surface area (Å²) in [6.45, 7) is 6.65. The summed E-state index contributed by atoms with van der Waals surface area (Å²) in [6.07, 6.45) is 4.06. The number of pyridine rings is 1. The van der Waals surface area contributed by atoms with Crippen molar-refractivity contribution in [2.45, 2.75) is 6.42 Å². The number of urea groups is 1. The van der Waals surface area contributed by atoms with Crippen molar-refractivity contribution in [1.29, 1.82) is 0 Å². The van der Waals surface area contributed by atoms with Crippen LogP contribution in [0.5, 0.6) is 11.5 Å². The zero-order chi connectivity index (χ0) is 22.9. The molecule has 3 amide bonds. The van der Waals surface area contributed by atoms with Crippen molar-refractivity contribution in [3.05, 3.63) is 54.7 Å². The van der Waals surface area contributed by atoms with Crippen LogP contribution in [0, 0.1) is 0 Å². The summed E-state index contributed by atoms with van der Waals surface area (Å²) in [5.41, 5.74) is 1.18. The Hall–Kier alpha value is -3.75. The molecule has 0 unspecified atom stereocenters. The summed E-state index contributed by atoms with van der Waals surface area (Å²) in [5.74, 6) is 1.90. The van der Waals surface area contributed by atoms with Crippen molar-refractivity contribution in [2.75, 3.05) is 57.2 Å². The molecule has 0 bridgehead atoms. The lowest BCUT2D eigenvalue weighted by atomic mass is 10.1. The molecule has 170 valence electrons. The topological polar surface area (TPSA) is 96.0 Å². The predicted octanol–water partition coefficient (Wildman–Crippen LogP) is 2.76. The molecule has 0 aliphatic carbocycles. The van der Waals surface area contributed by atoms with Gasteiger partial charge in [0.2, 0.25) is 0 Å². The largest absolute Gasteiger partial charge is 0.493 e. The van der Waals surface area contributed by atoms with E-state index in [4.69, 9.17) is 9.47 Å². The second kappa shape index (κ2) is 11.0. The molecule has 2 aromatic rings. The number of nitrogens with one attached hydrogen (secondary N) is 2. The highest BCUT2D eigenvalue weighted by atomic mass is 16.5. The first-order valence-electron chi connectivity index (χ1n) is 10.4. The second-order valence-corrected chi connectivity index (χ2v) is 7.23. The molecule has 1 fully saturated rings. The van der Waals surface area contributed by atoms with Gasteiger partial charge >= 0.3 is 6.03 Å². The van der Waals surface area contributed by atoms with Gasteiger partial charge in [-0.2, -0.15) is 0 Å². The Bertz CT molecular complexity index is 948. The zero-order valence-corrected chi connectivity index (χ0v) is 18.5. The summed E-state index contributed by atoms with van der Waals surface area (Å²) >= 11 is 0. The Kier molecular flexibility index (Phi) is 7.91. The van der Waals surface area contributed by atoms with Gasteiger partial charge in [0.25, 0.3) is 5.91 Å². The fraction of sp³-hybridized carbons (Fsp3) is 0.348. The number of hydrogen-bond donors (Lipinski definition) is 2. The first-order valence-corrected chi connectivity index (χ1v) is 10.4. The normalized spacial score (nSPS) is 13.7. The molecule has 0 radical (unpaired) electrons. The third-order valence-corrected chi connectivity index (χ3v) is 5.15. The lowest BCUT2D eigenvalue weighted by molar-refractivity contribution is 0.0766. The maximum Gasteiger partial charge on any atom is 0.319 e. The zero-order valence-electron chi connectivity index (χ0n) is 18.5. The Morgan fingerprint density at radius 1 is 1.09 bits per heavy atom. The van der Waals surface area contributed by atoms with Gasteiger partial charge in [0, 0.05) is 38.3 Å². The number of carbonyl (C=O) groups excluding carboxylic acids is 2. The van der Waals surface area contributed by atoms with Gasteiger partial charge in [0.15, 0.2) is 11.5 Å². The van der Waals surface area contributed by atoms with E-state index in [1.54, 1.807) is 44.7 Å². The van der Waals surface area contributed by atoms with E-state index in [1.807, 2.05) is 17.0 Å². The maximum atomic E-state index is 13.0. The molecule has 1 aromatic carbocycles. The lowest BCUT2D eigenvalue weighted by Crippen LogP contribution is -2.35. The van der Waals surface area contributed by atoms with E-state index in [9.17, 15) is 9.59 Å². The van der Waals surface area contributed by atoms with Gasteiger partial charge in [-0.3, -0.25) is 4.79 Å². The van der Waals surface area contributed by atoms with Crippen molar-refractivity contribution in [3.8, 4) is 11.5 Å². The summed E-state index contributed by atoms with van der Waals surface area (Å²) < 4.78 is 10.6. The van der Waals surface area contributed by atoms with Crippen LogP contribution in [-0.4, -0.2) is 68.8 Å². The molecule has 1 aliphatic heterocycles. The molecule has 2 N–H and O–H groups in total. The molecule has 0 saturated carbocycles. The molecule has 3 rings (SSSR count). The van der Waals surface area contributed by atoms with Crippen LogP contribution in [-0.2, 0) is 0 Å². The molecule has 2 heterocycles. The number of hydrogen-bond acceptors (Lipinski definition) is 6. The van der Waals surface area contributed by atoms with Gasteiger partial charge in [0.1, 0.15) is 5.82 Å². The molecule has 9 heteroatoms. The van der Waals surface area contributed by atoms with Crippen LogP contribution in [0.15, 0.2) is 49.2 Å². The molecule has 1 aromatic heterocycles. The summed E-state index contributed by atoms with van der Waals surface area (Å²) in [7, 11) is 3.12. The molecule has 32 heavy (non-hydrogen) atoms. The van der Waals surface area contributed by atoms with Crippen molar-refractivity contribution in [3.63, 3.8) is 0 Å². The van der Waals surface area contributed by atoms with Crippen LogP contribution < -0.4 is 25.0 Å². The Balaban J connectivity index is 1.60. The Morgan fingerprint density at radius 3 is 2.59 bits per heavy atom. The van der Waals surface area contributed by atoms with Crippen LogP contribution in [0.1, 0.15) is 16.8 Å². The summed E-state index contributed by atoms with van der Waals surface area (Å²) in [6, 6.07) is 8.58. The number of aromatic nitrogens is 1. The van der Waals surface area contributed by atoms with Gasteiger partial charge < -0.3 is 29.9 Å². The molecule has 1 aliphatic rings. The van der Waals surface area contributed by atoms with E-state index in [2.05, 4.69) is 27.1 Å². The number of anilines is 2. The third-order valence-electron chi connectivity index (χ3n) is 5.15. The van der Waals surface area contributed by atoms with Crippen LogP contribution in [0.2, 0.25) is 0 Å². The van der Waals surface area contributed by atoms with Gasteiger partial charge in [-0.05, 0) is 36.8 Å². The van der Waals surface area contributed by atoms with Crippen LogP contribution in [0.4, 0.5) is 16.3 Å².